The number of nitriles is 1. The maximum Gasteiger partial charge on any atom is 0.258 e. The second-order valence-electron chi connectivity index (χ2n) is 7.93. The van der Waals surface area contributed by atoms with Crippen molar-refractivity contribution in [2.45, 2.75) is 13.2 Å². The number of hydrogen-bond donors (Lipinski definition) is 4. The van der Waals surface area contributed by atoms with Gasteiger partial charge in [0.25, 0.3) is 5.91 Å². The van der Waals surface area contributed by atoms with E-state index in [0.717, 1.165) is 11.1 Å². The summed E-state index contributed by atoms with van der Waals surface area (Å²) in [4.78, 5) is 17.1. The number of hydrazine groups is 1. The van der Waals surface area contributed by atoms with Gasteiger partial charge in [-0.1, -0.05) is 24.3 Å². The highest BCUT2D eigenvalue weighted by Gasteiger charge is 2.15. The van der Waals surface area contributed by atoms with Crippen LogP contribution in [0.3, 0.4) is 0 Å². The molecule has 0 aliphatic rings. The van der Waals surface area contributed by atoms with Gasteiger partial charge in [0.05, 0.1) is 41.8 Å². The fourth-order valence-corrected chi connectivity index (χ4v) is 3.51. The van der Waals surface area contributed by atoms with Crippen LogP contribution >= 0.6 is 0 Å². The van der Waals surface area contributed by atoms with E-state index in [1.807, 2.05) is 24.3 Å². The van der Waals surface area contributed by atoms with Crippen molar-refractivity contribution in [2.24, 2.45) is 5.84 Å². The predicted molar refractivity (Wildman–Crippen MR) is 136 cm³/mol. The van der Waals surface area contributed by atoms with Gasteiger partial charge in [0.15, 0.2) is 5.82 Å². The van der Waals surface area contributed by atoms with Crippen molar-refractivity contribution < 1.29 is 13.9 Å². The third-order valence-corrected chi connectivity index (χ3v) is 5.38. The van der Waals surface area contributed by atoms with Crippen molar-refractivity contribution in [3.63, 3.8) is 0 Å². The summed E-state index contributed by atoms with van der Waals surface area (Å²) >= 11 is 0. The molecule has 4 rings (SSSR count). The molecule has 1 amide bonds. The quantitative estimate of drug-likeness (QED) is 0.213. The molecule has 3 aromatic carbocycles. The minimum absolute atomic E-state index is 0.125. The van der Waals surface area contributed by atoms with E-state index in [0.29, 0.717) is 41.4 Å². The number of carbonyl (C=O) groups is 1. The third-order valence-electron chi connectivity index (χ3n) is 5.38. The fraction of sp³-hybridized carbons (Fsp3) is 0.0741. The first kappa shape index (κ1) is 24.3. The number of nitrogens with one attached hydrogen (secondary N) is 2. The van der Waals surface area contributed by atoms with Crippen LogP contribution in [0.2, 0.25) is 0 Å². The molecule has 0 saturated carbocycles. The molecule has 0 fully saturated rings. The zero-order valence-electron chi connectivity index (χ0n) is 19.2. The number of ether oxygens (including phenoxy) is 1. The van der Waals surface area contributed by atoms with E-state index in [4.69, 9.17) is 21.6 Å². The molecule has 0 saturated heterocycles. The first-order chi connectivity index (χ1) is 17.5. The molecule has 1 heterocycles. The Balaban J connectivity index is 1.40. The minimum Gasteiger partial charge on any atom is -0.396 e. The van der Waals surface area contributed by atoms with Crippen LogP contribution in [0.25, 0.3) is 11.3 Å². The molecule has 8 nitrogen and oxygen atoms in total. The largest absolute Gasteiger partial charge is 0.396 e. The van der Waals surface area contributed by atoms with Gasteiger partial charge in [0.2, 0.25) is 0 Å². The number of aromatic nitrogens is 1. The van der Waals surface area contributed by atoms with Crippen molar-refractivity contribution >= 4 is 23.1 Å². The van der Waals surface area contributed by atoms with Crippen LogP contribution in [0.15, 0.2) is 78.9 Å². The summed E-state index contributed by atoms with van der Waals surface area (Å²) in [6, 6.07) is 23.8. The number of nitrogens with zero attached hydrogens (tertiary/aromatic N) is 2. The predicted octanol–water partition coefficient (Wildman–Crippen LogP) is 4.60. The van der Waals surface area contributed by atoms with Crippen molar-refractivity contribution in [3.05, 3.63) is 107 Å². The number of nitrogens with two attached hydrogens (primary N) is 2. The molecule has 1 aromatic heterocycles. The normalized spacial score (nSPS) is 10.5. The first-order valence-corrected chi connectivity index (χ1v) is 11.0. The van der Waals surface area contributed by atoms with Crippen molar-refractivity contribution in [2.75, 3.05) is 16.5 Å². The van der Waals surface area contributed by atoms with E-state index in [9.17, 15) is 9.18 Å². The fourth-order valence-electron chi connectivity index (χ4n) is 3.51. The summed E-state index contributed by atoms with van der Waals surface area (Å²) in [6.07, 6.45) is 0. The maximum atomic E-state index is 14.5. The van der Waals surface area contributed by atoms with E-state index in [1.54, 1.807) is 36.4 Å². The molecule has 180 valence electrons. The van der Waals surface area contributed by atoms with Gasteiger partial charge in [-0.2, -0.15) is 5.26 Å². The number of amides is 1. The highest BCUT2D eigenvalue weighted by Crippen LogP contribution is 2.25. The molecule has 0 aliphatic carbocycles. The Morgan fingerprint density at radius 3 is 2.53 bits per heavy atom. The molecule has 0 atom stereocenters. The molecule has 6 N–H and O–H groups in total. The summed E-state index contributed by atoms with van der Waals surface area (Å²) in [6.45, 7) is 0.727. The zero-order chi connectivity index (χ0) is 25.5. The molecule has 9 heteroatoms. The zero-order valence-corrected chi connectivity index (χ0v) is 19.2. The second-order valence-corrected chi connectivity index (χ2v) is 7.93. The molecular formula is C27H23FN6O2. The Morgan fingerprint density at radius 1 is 1.00 bits per heavy atom. The lowest BCUT2D eigenvalue weighted by molar-refractivity contribution is 0.102. The number of pyridine rings is 1. The lowest BCUT2D eigenvalue weighted by atomic mass is 10.1. The molecule has 0 spiro atoms. The molecule has 4 aromatic rings. The van der Waals surface area contributed by atoms with Crippen molar-refractivity contribution in [3.8, 4) is 17.3 Å². The van der Waals surface area contributed by atoms with Crippen molar-refractivity contribution in [1.29, 1.82) is 5.26 Å². The van der Waals surface area contributed by atoms with Crippen molar-refractivity contribution in [1.82, 2.24) is 4.98 Å². The standard InChI is InChI=1S/C27H23FN6O2/c28-23-9-6-20(25-11-10-24(30)26(33-25)34-31)13-22(23)27(35)32-21-7-4-17(5-8-21)15-36-16-19-3-1-2-18(12-19)14-29/h1-13H,15-16,30-31H2,(H,32,35)(H,33,34). The van der Waals surface area contributed by atoms with Gasteiger partial charge in [0, 0.05) is 11.3 Å². The minimum atomic E-state index is -0.658. The summed E-state index contributed by atoms with van der Waals surface area (Å²) in [5, 5.41) is 11.7. The van der Waals surface area contributed by atoms with Crippen LogP contribution in [0.1, 0.15) is 27.0 Å². The summed E-state index contributed by atoms with van der Waals surface area (Å²) < 4.78 is 20.2. The highest BCUT2D eigenvalue weighted by molar-refractivity contribution is 6.05. The number of rotatable bonds is 8. The van der Waals surface area contributed by atoms with Crippen LogP contribution in [0.4, 0.5) is 21.6 Å². The maximum absolute atomic E-state index is 14.5. The first-order valence-electron chi connectivity index (χ1n) is 11.0. The van der Waals surface area contributed by atoms with Gasteiger partial charge in [-0.3, -0.25) is 4.79 Å². The van der Waals surface area contributed by atoms with E-state index < -0.39 is 11.7 Å². The Hall–Kier alpha value is -4.78. The number of benzene rings is 3. The number of carbonyl (C=O) groups excluding carboxylic acids is 1. The monoisotopic (exact) mass is 482 g/mol. The number of anilines is 3. The van der Waals surface area contributed by atoms with Crippen LogP contribution in [0, 0.1) is 17.1 Å². The Kier molecular flexibility index (Phi) is 7.51. The smallest absolute Gasteiger partial charge is 0.258 e. The van der Waals surface area contributed by atoms with E-state index in [2.05, 4.69) is 21.8 Å². The average Bonchev–Trinajstić information content (AvgIpc) is 2.90. The van der Waals surface area contributed by atoms with E-state index in [1.165, 1.54) is 18.2 Å². The summed E-state index contributed by atoms with van der Waals surface area (Å²) in [7, 11) is 0. The van der Waals surface area contributed by atoms with Crippen LogP contribution in [-0.4, -0.2) is 10.9 Å². The highest BCUT2D eigenvalue weighted by atomic mass is 19.1. The number of hydrogen-bond acceptors (Lipinski definition) is 7. The van der Waals surface area contributed by atoms with Gasteiger partial charge in [-0.25, -0.2) is 15.2 Å². The lowest BCUT2D eigenvalue weighted by Crippen LogP contribution is -2.14. The topological polar surface area (TPSA) is 139 Å². The molecule has 36 heavy (non-hydrogen) atoms. The van der Waals surface area contributed by atoms with Gasteiger partial charge >= 0.3 is 0 Å². The van der Waals surface area contributed by atoms with Gasteiger partial charge in [0.1, 0.15) is 5.82 Å². The SMILES string of the molecule is N#Cc1cccc(COCc2ccc(NC(=O)c3cc(-c4ccc(N)c(NN)n4)ccc3F)cc2)c1. The average molecular weight is 483 g/mol. The third kappa shape index (κ3) is 5.82. The lowest BCUT2D eigenvalue weighted by Gasteiger charge is -2.11. The van der Waals surface area contributed by atoms with E-state index >= 15 is 0 Å². The molecule has 0 radical (unpaired) electrons. The van der Waals surface area contributed by atoms with E-state index in [-0.39, 0.29) is 11.4 Å². The Bertz CT molecular complexity index is 1430. The van der Waals surface area contributed by atoms with Crippen LogP contribution in [-0.2, 0) is 18.0 Å². The molecule has 0 aliphatic heterocycles. The Morgan fingerprint density at radius 2 is 1.78 bits per heavy atom. The van der Waals surface area contributed by atoms with Gasteiger partial charge in [-0.05, 0) is 65.7 Å². The van der Waals surface area contributed by atoms with Gasteiger partial charge < -0.3 is 21.2 Å². The number of halogens is 1. The Labute approximate surface area is 207 Å². The summed E-state index contributed by atoms with van der Waals surface area (Å²) in [5.74, 6) is 4.45. The van der Waals surface area contributed by atoms with Gasteiger partial charge in [-0.15, -0.1) is 0 Å². The molecule has 0 bridgehead atoms. The van der Waals surface area contributed by atoms with Crippen LogP contribution in [0.5, 0.6) is 0 Å². The molecule has 0 unspecified atom stereocenters. The second kappa shape index (κ2) is 11.1. The van der Waals surface area contributed by atoms with Crippen LogP contribution < -0.4 is 22.3 Å². The number of nitrogen functional groups attached to an aromatic ring is 2. The molecular weight excluding hydrogens is 459 g/mol. The summed E-state index contributed by atoms with van der Waals surface area (Å²) in [5.41, 5.74) is 12.4.